The van der Waals surface area contributed by atoms with E-state index in [4.69, 9.17) is 0 Å². The summed E-state index contributed by atoms with van der Waals surface area (Å²) >= 11 is 0. The highest BCUT2D eigenvalue weighted by molar-refractivity contribution is 7.89. The first-order valence-corrected chi connectivity index (χ1v) is 8.71. The van der Waals surface area contributed by atoms with Gasteiger partial charge >= 0.3 is 0 Å². The van der Waals surface area contributed by atoms with Crippen LogP contribution in [0.3, 0.4) is 0 Å². The minimum Gasteiger partial charge on any atom is -0.389 e. The van der Waals surface area contributed by atoms with Crippen LogP contribution in [0, 0.1) is 6.92 Å². The molecule has 0 aliphatic carbocycles. The molecule has 0 spiro atoms. The summed E-state index contributed by atoms with van der Waals surface area (Å²) in [4.78, 5) is 0.354. The Balaban J connectivity index is 2.46. The van der Waals surface area contributed by atoms with Gasteiger partial charge in [0.15, 0.2) is 0 Å². The zero-order valence-electron chi connectivity index (χ0n) is 13.5. The summed E-state index contributed by atoms with van der Waals surface area (Å²) in [5.74, 6) is 0. The molecule has 0 amide bonds. The summed E-state index contributed by atoms with van der Waals surface area (Å²) in [5, 5.41) is 10.0. The topological polar surface area (TPSA) is 57.6 Å². The first-order valence-electron chi connectivity index (χ1n) is 7.27. The van der Waals surface area contributed by atoms with Gasteiger partial charge in [-0.3, -0.25) is 0 Å². The van der Waals surface area contributed by atoms with Crippen molar-refractivity contribution < 1.29 is 13.5 Å². The van der Waals surface area contributed by atoms with Gasteiger partial charge in [-0.15, -0.1) is 0 Å². The summed E-state index contributed by atoms with van der Waals surface area (Å²) < 4.78 is 27.1. The molecule has 0 saturated carbocycles. The first kappa shape index (κ1) is 16.5. The van der Waals surface area contributed by atoms with Gasteiger partial charge in [-0.1, -0.05) is 32.9 Å². The van der Waals surface area contributed by atoms with E-state index in [9.17, 15) is 13.5 Å². The van der Waals surface area contributed by atoms with Crippen molar-refractivity contribution in [3.63, 3.8) is 0 Å². The van der Waals surface area contributed by atoms with Crippen molar-refractivity contribution in [2.45, 2.75) is 57.0 Å². The van der Waals surface area contributed by atoms with Gasteiger partial charge in [-0.05, 0) is 42.9 Å². The molecule has 4 nitrogen and oxygen atoms in total. The van der Waals surface area contributed by atoms with Crippen molar-refractivity contribution in [2.75, 3.05) is 13.1 Å². The second-order valence-electron chi connectivity index (χ2n) is 7.32. The molecule has 1 N–H and O–H groups in total. The van der Waals surface area contributed by atoms with Crippen LogP contribution in [0.2, 0.25) is 0 Å². The van der Waals surface area contributed by atoms with Gasteiger partial charge in [0, 0.05) is 13.1 Å². The fraction of sp³-hybridized carbons (Fsp3) is 0.625. The number of aryl methyl sites for hydroxylation is 1. The molecule has 1 aliphatic rings. The predicted octanol–water partition coefficient (Wildman–Crippen LogP) is 2.44. The number of hydrogen-bond acceptors (Lipinski definition) is 3. The van der Waals surface area contributed by atoms with E-state index in [1.807, 2.05) is 19.1 Å². The average Bonchev–Trinajstić information content (AvgIpc) is 2.69. The molecule has 1 aromatic carbocycles. The van der Waals surface area contributed by atoms with Gasteiger partial charge in [-0.2, -0.15) is 4.31 Å². The molecule has 118 valence electrons. The fourth-order valence-corrected chi connectivity index (χ4v) is 4.40. The summed E-state index contributed by atoms with van der Waals surface area (Å²) in [6.07, 6.45) is 0.476. The molecule has 1 aliphatic heterocycles. The highest BCUT2D eigenvalue weighted by Crippen LogP contribution is 2.31. The molecule has 5 heteroatoms. The van der Waals surface area contributed by atoms with E-state index in [1.54, 1.807) is 13.0 Å². The van der Waals surface area contributed by atoms with Crippen molar-refractivity contribution in [1.29, 1.82) is 0 Å². The van der Waals surface area contributed by atoms with E-state index in [2.05, 4.69) is 20.8 Å². The lowest BCUT2D eigenvalue weighted by Crippen LogP contribution is -2.34. The van der Waals surface area contributed by atoms with Crippen LogP contribution in [-0.4, -0.2) is 36.5 Å². The lowest BCUT2D eigenvalue weighted by Gasteiger charge is -2.23. The van der Waals surface area contributed by atoms with Gasteiger partial charge in [0.05, 0.1) is 10.5 Å². The molecule has 1 aromatic rings. The molecule has 1 atom stereocenters. The summed E-state index contributed by atoms with van der Waals surface area (Å²) in [6.45, 7) is 10.2. The third-order valence-electron chi connectivity index (χ3n) is 4.09. The Kier molecular flexibility index (Phi) is 3.98. The largest absolute Gasteiger partial charge is 0.389 e. The zero-order chi connectivity index (χ0) is 16.1. The standard InChI is InChI=1S/C16H25NO3S/c1-12-6-7-13(15(2,3)4)10-14(12)21(19,20)17-9-8-16(5,18)11-17/h6-7,10,18H,8-9,11H2,1-5H3. The van der Waals surface area contributed by atoms with Crippen LogP contribution in [0.5, 0.6) is 0 Å². The molecule has 1 saturated heterocycles. The number of rotatable bonds is 2. The number of hydrogen-bond donors (Lipinski definition) is 1. The molecule has 0 aromatic heterocycles. The highest BCUT2D eigenvalue weighted by Gasteiger charge is 2.39. The van der Waals surface area contributed by atoms with Crippen LogP contribution < -0.4 is 0 Å². The summed E-state index contributed by atoms with van der Waals surface area (Å²) in [7, 11) is -3.55. The van der Waals surface area contributed by atoms with Crippen molar-refractivity contribution in [2.24, 2.45) is 0 Å². The van der Waals surface area contributed by atoms with Crippen LogP contribution >= 0.6 is 0 Å². The third kappa shape index (κ3) is 3.30. The lowest BCUT2D eigenvalue weighted by molar-refractivity contribution is 0.0762. The molecule has 1 unspecified atom stereocenters. The Labute approximate surface area is 127 Å². The SMILES string of the molecule is Cc1ccc(C(C)(C)C)cc1S(=O)(=O)N1CCC(C)(O)C1. The molecule has 0 radical (unpaired) electrons. The maximum Gasteiger partial charge on any atom is 0.243 e. The maximum absolute atomic E-state index is 12.8. The zero-order valence-corrected chi connectivity index (χ0v) is 14.3. The van der Waals surface area contributed by atoms with Crippen LogP contribution in [0.25, 0.3) is 0 Å². The Morgan fingerprint density at radius 2 is 1.90 bits per heavy atom. The van der Waals surface area contributed by atoms with E-state index in [-0.39, 0.29) is 12.0 Å². The minimum atomic E-state index is -3.55. The second-order valence-corrected chi connectivity index (χ2v) is 9.22. The van der Waals surface area contributed by atoms with Crippen LogP contribution in [-0.2, 0) is 15.4 Å². The number of sulfonamides is 1. The van der Waals surface area contributed by atoms with Gasteiger partial charge < -0.3 is 5.11 Å². The highest BCUT2D eigenvalue weighted by atomic mass is 32.2. The third-order valence-corrected chi connectivity index (χ3v) is 6.08. The van der Waals surface area contributed by atoms with Gasteiger partial charge in [0.1, 0.15) is 0 Å². The fourth-order valence-electron chi connectivity index (χ4n) is 2.59. The Morgan fingerprint density at radius 3 is 2.38 bits per heavy atom. The van der Waals surface area contributed by atoms with Gasteiger partial charge in [0.2, 0.25) is 10.0 Å². The Hall–Kier alpha value is -0.910. The average molecular weight is 311 g/mol. The second kappa shape index (κ2) is 5.07. The molecule has 1 fully saturated rings. The molecule has 21 heavy (non-hydrogen) atoms. The Bertz CT molecular complexity index is 642. The lowest BCUT2D eigenvalue weighted by atomic mass is 9.87. The molecule has 2 rings (SSSR count). The van der Waals surface area contributed by atoms with E-state index < -0.39 is 15.6 Å². The number of aliphatic hydroxyl groups is 1. The quantitative estimate of drug-likeness (QED) is 0.912. The Morgan fingerprint density at radius 1 is 1.29 bits per heavy atom. The molecular formula is C16H25NO3S. The monoisotopic (exact) mass is 311 g/mol. The first-order chi connectivity index (χ1) is 9.43. The van der Waals surface area contributed by atoms with Crippen molar-refractivity contribution in [3.8, 4) is 0 Å². The van der Waals surface area contributed by atoms with E-state index in [0.29, 0.717) is 17.9 Å². The smallest absolute Gasteiger partial charge is 0.243 e. The molecule has 1 heterocycles. The van der Waals surface area contributed by atoms with Gasteiger partial charge in [0.25, 0.3) is 0 Å². The van der Waals surface area contributed by atoms with E-state index in [1.165, 1.54) is 4.31 Å². The summed E-state index contributed by atoms with van der Waals surface area (Å²) in [6, 6.07) is 5.62. The van der Waals surface area contributed by atoms with Crippen LogP contribution in [0.4, 0.5) is 0 Å². The maximum atomic E-state index is 12.8. The van der Waals surface area contributed by atoms with Crippen molar-refractivity contribution in [1.82, 2.24) is 4.31 Å². The van der Waals surface area contributed by atoms with Crippen molar-refractivity contribution in [3.05, 3.63) is 29.3 Å². The number of benzene rings is 1. The normalized spacial score (nSPS) is 24.5. The van der Waals surface area contributed by atoms with Crippen LogP contribution in [0.15, 0.2) is 23.1 Å². The van der Waals surface area contributed by atoms with E-state index in [0.717, 1.165) is 11.1 Å². The molecular weight excluding hydrogens is 286 g/mol. The summed E-state index contributed by atoms with van der Waals surface area (Å²) in [5.41, 5.74) is 0.712. The number of β-amino-alcohol motifs (C(OH)–C–C–N with tert-alkyl or cyclic N) is 1. The van der Waals surface area contributed by atoms with E-state index >= 15 is 0 Å². The predicted molar refractivity (Wildman–Crippen MR) is 83.9 cm³/mol. The number of nitrogens with zero attached hydrogens (tertiary/aromatic N) is 1. The van der Waals surface area contributed by atoms with Gasteiger partial charge in [-0.25, -0.2) is 8.42 Å². The van der Waals surface area contributed by atoms with Crippen molar-refractivity contribution >= 4 is 10.0 Å². The molecule has 0 bridgehead atoms. The van der Waals surface area contributed by atoms with Crippen LogP contribution in [0.1, 0.15) is 45.2 Å². The minimum absolute atomic E-state index is 0.103.